The standard InChI is InChI=1S/C18H27N3O3S2.ClH/c19-16-6-4-13-11-20(12-15(13)16)17(22)10-14-5-7-18(25-14)26(23,24)21-8-2-1-3-9-21;/h5,7,13,15-16H,1-4,6,8-12,19H2;1H. The Hall–Kier alpha value is -0.670. The Morgan fingerprint density at radius 1 is 1.15 bits per heavy atom. The van der Waals surface area contributed by atoms with Gasteiger partial charge in [-0.1, -0.05) is 6.42 Å². The molecule has 1 aromatic rings. The number of sulfonamides is 1. The molecule has 0 aromatic carbocycles. The molecule has 0 spiro atoms. The van der Waals surface area contributed by atoms with E-state index in [1.54, 1.807) is 16.4 Å². The highest BCUT2D eigenvalue weighted by atomic mass is 35.5. The Balaban J connectivity index is 0.00000210. The molecule has 2 saturated heterocycles. The Labute approximate surface area is 171 Å². The normalized spacial score (nSPS) is 28.8. The Bertz CT molecular complexity index is 777. The fourth-order valence-corrected chi connectivity index (χ4v) is 7.61. The van der Waals surface area contributed by atoms with Gasteiger partial charge < -0.3 is 10.6 Å². The molecule has 152 valence electrons. The van der Waals surface area contributed by atoms with E-state index in [1.807, 2.05) is 4.90 Å². The van der Waals surface area contributed by atoms with E-state index in [0.717, 1.165) is 50.1 Å². The van der Waals surface area contributed by atoms with Crippen molar-refractivity contribution in [2.75, 3.05) is 26.2 Å². The number of piperidine rings is 1. The number of likely N-dealkylation sites (tertiary alicyclic amines) is 1. The lowest BCUT2D eigenvalue weighted by Crippen LogP contribution is -2.35. The predicted molar refractivity (Wildman–Crippen MR) is 109 cm³/mol. The Morgan fingerprint density at radius 2 is 1.89 bits per heavy atom. The third-order valence-corrected chi connectivity index (χ3v) is 9.59. The fourth-order valence-electron chi connectivity index (χ4n) is 4.60. The zero-order valence-electron chi connectivity index (χ0n) is 15.4. The molecular formula is C18H28ClN3O3S2. The quantitative estimate of drug-likeness (QED) is 0.787. The molecule has 3 fully saturated rings. The van der Waals surface area contributed by atoms with E-state index in [9.17, 15) is 13.2 Å². The highest BCUT2D eigenvalue weighted by Crippen LogP contribution is 2.37. The van der Waals surface area contributed by atoms with Gasteiger partial charge >= 0.3 is 0 Å². The maximum Gasteiger partial charge on any atom is 0.252 e. The van der Waals surface area contributed by atoms with E-state index in [1.165, 1.54) is 11.3 Å². The van der Waals surface area contributed by atoms with Gasteiger partial charge in [0.05, 0.1) is 6.42 Å². The van der Waals surface area contributed by atoms with Crippen LogP contribution in [-0.4, -0.2) is 55.8 Å². The summed E-state index contributed by atoms with van der Waals surface area (Å²) in [6.45, 7) is 2.77. The van der Waals surface area contributed by atoms with Crippen molar-refractivity contribution < 1.29 is 13.2 Å². The summed E-state index contributed by atoms with van der Waals surface area (Å²) < 4.78 is 27.4. The minimum absolute atomic E-state index is 0. The minimum atomic E-state index is -3.41. The van der Waals surface area contributed by atoms with Crippen molar-refractivity contribution in [3.8, 4) is 0 Å². The first-order valence-corrected chi connectivity index (χ1v) is 11.8. The SMILES string of the molecule is Cl.NC1CCC2CN(C(=O)Cc3ccc(S(=O)(=O)N4CCCCC4)s3)CC12. The molecular weight excluding hydrogens is 406 g/mol. The molecule has 2 N–H and O–H groups in total. The predicted octanol–water partition coefficient (Wildman–Crippen LogP) is 2.08. The van der Waals surface area contributed by atoms with Gasteiger partial charge in [-0.3, -0.25) is 4.79 Å². The summed E-state index contributed by atoms with van der Waals surface area (Å²) in [7, 11) is -3.41. The molecule has 6 nitrogen and oxygen atoms in total. The summed E-state index contributed by atoms with van der Waals surface area (Å²) in [5.74, 6) is 1.08. The number of hydrogen-bond acceptors (Lipinski definition) is 5. The number of carbonyl (C=O) groups is 1. The van der Waals surface area contributed by atoms with Crippen LogP contribution in [0.25, 0.3) is 0 Å². The van der Waals surface area contributed by atoms with Gasteiger partial charge in [0.15, 0.2) is 0 Å². The lowest BCUT2D eigenvalue weighted by atomic mass is 9.98. The lowest BCUT2D eigenvalue weighted by Gasteiger charge is -2.25. The molecule has 4 rings (SSSR count). The largest absolute Gasteiger partial charge is 0.342 e. The maximum atomic E-state index is 12.7. The topological polar surface area (TPSA) is 83.7 Å². The van der Waals surface area contributed by atoms with E-state index in [0.29, 0.717) is 29.1 Å². The van der Waals surface area contributed by atoms with Crippen molar-refractivity contribution in [1.29, 1.82) is 0 Å². The number of amides is 1. The molecule has 27 heavy (non-hydrogen) atoms. The average molecular weight is 434 g/mol. The molecule has 0 radical (unpaired) electrons. The number of carbonyl (C=O) groups excluding carboxylic acids is 1. The first-order chi connectivity index (χ1) is 12.4. The first kappa shape index (κ1) is 21.0. The molecule has 1 saturated carbocycles. The van der Waals surface area contributed by atoms with Crippen molar-refractivity contribution >= 4 is 39.7 Å². The van der Waals surface area contributed by atoms with E-state index in [2.05, 4.69) is 0 Å². The van der Waals surface area contributed by atoms with Crippen molar-refractivity contribution in [2.24, 2.45) is 17.6 Å². The molecule has 2 aliphatic heterocycles. The number of thiophene rings is 1. The molecule has 3 heterocycles. The van der Waals surface area contributed by atoms with Gasteiger partial charge in [0.25, 0.3) is 10.0 Å². The van der Waals surface area contributed by atoms with Crippen LogP contribution in [0.4, 0.5) is 0 Å². The van der Waals surface area contributed by atoms with Gasteiger partial charge in [-0.25, -0.2) is 8.42 Å². The maximum absolute atomic E-state index is 12.7. The molecule has 3 atom stereocenters. The highest BCUT2D eigenvalue weighted by Gasteiger charge is 2.42. The summed E-state index contributed by atoms with van der Waals surface area (Å²) in [5.41, 5.74) is 6.15. The summed E-state index contributed by atoms with van der Waals surface area (Å²) in [5, 5.41) is 0. The molecule has 9 heteroatoms. The number of fused-ring (bicyclic) bond motifs is 1. The smallest absolute Gasteiger partial charge is 0.252 e. The van der Waals surface area contributed by atoms with E-state index >= 15 is 0 Å². The molecule has 1 amide bonds. The van der Waals surface area contributed by atoms with Gasteiger partial charge in [-0.05, 0) is 49.7 Å². The summed E-state index contributed by atoms with van der Waals surface area (Å²) >= 11 is 1.24. The Morgan fingerprint density at radius 3 is 2.59 bits per heavy atom. The number of rotatable bonds is 4. The zero-order chi connectivity index (χ0) is 18.3. The molecule has 3 unspecified atom stereocenters. The third kappa shape index (κ3) is 4.19. The average Bonchev–Trinajstić information content (AvgIpc) is 3.34. The zero-order valence-corrected chi connectivity index (χ0v) is 17.8. The van der Waals surface area contributed by atoms with Crippen LogP contribution in [-0.2, 0) is 21.2 Å². The van der Waals surface area contributed by atoms with Crippen LogP contribution >= 0.6 is 23.7 Å². The second-order valence-corrected chi connectivity index (χ2v) is 11.2. The fraction of sp³-hybridized carbons (Fsp3) is 0.722. The van der Waals surface area contributed by atoms with Crippen molar-refractivity contribution in [1.82, 2.24) is 9.21 Å². The van der Waals surface area contributed by atoms with Crippen LogP contribution in [0.5, 0.6) is 0 Å². The van der Waals surface area contributed by atoms with Crippen molar-refractivity contribution in [2.45, 2.75) is 48.8 Å². The minimum Gasteiger partial charge on any atom is -0.342 e. The molecule has 1 aliphatic carbocycles. The van der Waals surface area contributed by atoms with Crippen molar-refractivity contribution in [3.63, 3.8) is 0 Å². The Kier molecular flexibility index (Phi) is 6.52. The number of halogens is 1. The second kappa shape index (κ2) is 8.37. The van der Waals surface area contributed by atoms with E-state index < -0.39 is 10.0 Å². The van der Waals surface area contributed by atoms with Crippen LogP contribution in [0, 0.1) is 11.8 Å². The number of nitrogens with two attached hydrogens (primary N) is 1. The van der Waals surface area contributed by atoms with Gasteiger partial charge in [0.1, 0.15) is 4.21 Å². The van der Waals surface area contributed by atoms with Crippen LogP contribution in [0.15, 0.2) is 16.3 Å². The lowest BCUT2D eigenvalue weighted by molar-refractivity contribution is -0.129. The van der Waals surface area contributed by atoms with Gasteiger partial charge in [-0.2, -0.15) is 4.31 Å². The van der Waals surface area contributed by atoms with Crippen LogP contribution in [0.3, 0.4) is 0 Å². The van der Waals surface area contributed by atoms with E-state index in [-0.39, 0.29) is 30.8 Å². The van der Waals surface area contributed by atoms with Crippen LogP contribution < -0.4 is 5.73 Å². The van der Waals surface area contributed by atoms with Gasteiger partial charge in [0, 0.05) is 37.1 Å². The summed E-state index contributed by atoms with van der Waals surface area (Å²) in [6, 6.07) is 3.68. The number of hydrogen-bond donors (Lipinski definition) is 1. The third-order valence-electron chi connectivity index (χ3n) is 6.14. The highest BCUT2D eigenvalue weighted by molar-refractivity contribution is 7.91. The van der Waals surface area contributed by atoms with Crippen LogP contribution in [0.2, 0.25) is 0 Å². The van der Waals surface area contributed by atoms with Gasteiger partial charge in [-0.15, -0.1) is 23.7 Å². The van der Waals surface area contributed by atoms with Crippen LogP contribution in [0.1, 0.15) is 37.0 Å². The molecule has 3 aliphatic rings. The van der Waals surface area contributed by atoms with Gasteiger partial charge in [0.2, 0.25) is 5.91 Å². The summed E-state index contributed by atoms with van der Waals surface area (Å²) in [4.78, 5) is 15.4. The van der Waals surface area contributed by atoms with E-state index in [4.69, 9.17) is 5.73 Å². The number of nitrogens with zero attached hydrogens (tertiary/aromatic N) is 2. The second-order valence-electron chi connectivity index (χ2n) is 7.83. The molecule has 0 bridgehead atoms. The monoisotopic (exact) mass is 433 g/mol. The molecule has 1 aromatic heterocycles. The summed E-state index contributed by atoms with van der Waals surface area (Å²) in [6.07, 6.45) is 5.42. The first-order valence-electron chi connectivity index (χ1n) is 9.57. The van der Waals surface area contributed by atoms with Crippen molar-refractivity contribution in [3.05, 3.63) is 17.0 Å².